The van der Waals surface area contributed by atoms with Crippen molar-refractivity contribution < 1.29 is 23.9 Å². The number of fused-ring (bicyclic) bond motifs is 5. The number of carbonyl (C=O) groups excluding carboxylic acids is 4. The van der Waals surface area contributed by atoms with Crippen LogP contribution in [-0.2, 0) is 19.1 Å². The lowest BCUT2D eigenvalue weighted by atomic mass is 9.85. The highest BCUT2D eigenvalue weighted by Gasteiger charge is 2.65. The molecule has 0 bridgehead atoms. The number of nitrogens with zero attached hydrogens (tertiary/aromatic N) is 3. The SMILES string of the molecule is COC(=O)c1ccccc1N1C(=O)[C@@H]2[C@H](C1=O)[C@H](C(=O)Nc1ccccc1)N1N=Cc3ccccc3[C@H]21. The summed E-state index contributed by atoms with van der Waals surface area (Å²) in [6, 6.07) is 21.1. The van der Waals surface area contributed by atoms with Crippen LogP contribution in [0.25, 0.3) is 0 Å². The number of hydrogen-bond donors (Lipinski definition) is 1. The van der Waals surface area contributed by atoms with Gasteiger partial charge in [0.15, 0.2) is 0 Å². The van der Waals surface area contributed by atoms with Gasteiger partial charge >= 0.3 is 5.97 Å². The number of para-hydroxylation sites is 2. The van der Waals surface area contributed by atoms with Crippen molar-refractivity contribution in [2.24, 2.45) is 16.9 Å². The minimum Gasteiger partial charge on any atom is -0.465 e. The molecule has 6 rings (SSSR count). The summed E-state index contributed by atoms with van der Waals surface area (Å²) in [5.74, 6) is -4.02. The van der Waals surface area contributed by atoms with Gasteiger partial charge in [0.1, 0.15) is 6.04 Å². The highest BCUT2D eigenvalue weighted by atomic mass is 16.5. The van der Waals surface area contributed by atoms with E-state index < -0.39 is 47.6 Å². The van der Waals surface area contributed by atoms with Gasteiger partial charge in [0.05, 0.1) is 42.5 Å². The first kappa shape index (κ1) is 22.7. The molecule has 184 valence electrons. The zero-order valence-electron chi connectivity index (χ0n) is 19.8. The van der Waals surface area contributed by atoms with Crippen LogP contribution in [0.4, 0.5) is 11.4 Å². The van der Waals surface area contributed by atoms with Crippen LogP contribution in [0.1, 0.15) is 27.5 Å². The molecule has 0 saturated carbocycles. The topological polar surface area (TPSA) is 108 Å². The van der Waals surface area contributed by atoms with Crippen LogP contribution in [0.3, 0.4) is 0 Å². The maximum atomic E-state index is 14.0. The number of imide groups is 1. The molecule has 9 heteroatoms. The number of ether oxygens (including phenoxy) is 1. The molecule has 0 aromatic heterocycles. The molecule has 3 aliphatic rings. The molecular formula is C28H22N4O5. The van der Waals surface area contributed by atoms with E-state index in [4.69, 9.17) is 4.74 Å². The van der Waals surface area contributed by atoms with Gasteiger partial charge in [-0.25, -0.2) is 9.69 Å². The normalized spacial score (nSPS) is 23.4. The number of amides is 3. The number of hydrogen-bond acceptors (Lipinski definition) is 7. The van der Waals surface area contributed by atoms with Gasteiger partial charge in [-0.1, -0.05) is 54.6 Å². The molecule has 3 heterocycles. The molecule has 0 spiro atoms. The third-order valence-corrected chi connectivity index (χ3v) is 7.15. The largest absolute Gasteiger partial charge is 0.465 e. The van der Waals surface area contributed by atoms with E-state index in [0.29, 0.717) is 5.69 Å². The lowest BCUT2D eigenvalue weighted by Gasteiger charge is -2.33. The molecule has 4 atom stereocenters. The third-order valence-electron chi connectivity index (χ3n) is 7.15. The number of hydrazone groups is 1. The first-order valence-corrected chi connectivity index (χ1v) is 11.8. The molecule has 0 aliphatic carbocycles. The van der Waals surface area contributed by atoms with Crippen molar-refractivity contribution >= 4 is 41.3 Å². The van der Waals surface area contributed by atoms with E-state index in [0.717, 1.165) is 16.0 Å². The lowest BCUT2D eigenvalue weighted by molar-refractivity contribution is -0.129. The Labute approximate surface area is 212 Å². The van der Waals surface area contributed by atoms with E-state index in [1.165, 1.54) is 19.2 Å². The fourth-order valence-corrected chi connectivity index (χ4v) is 5.59. The number of rotatable bonds is 4. The fraction of sp³-hybridized carbons (Fsp3) is 0.179. The molecule has 3 aromatic rings. The van der Waals surface area contributed by atoms with E-state index in [1.54, 1.807) is 47.6 Å². The molecule has 3 aromatic carbocycles. The maximum absolute atomic E-state index is 14.0. The summed E-state index contributed by atoms with van der Waals surface area (Å²) in [7, 11) is 1.24. The molecular weight excluding hydrogens is 472 g/mol. The van der Waals surface area contributed by atoms with Crippen molar-refractivity contribution in [3.63, 3.8) is 0 Å². The van der Waals surface area contributed by atoms with Gasteiger partial charge in [0.25, 0.3) is 0 Å². The van der Waals surface area contributed by atoms with Crippen molar-refractivity contribution in [1.82, 2.24) is 5.01 Å². The third kappa shape index (κ3) is 3.42. The zero-order chi connectivity index (χ0) is 25.7. The van der Waals surface area contributed by atoms with Crippen molar-refractivity contribution in [1.29, 1.82) is 0 Å². The molecule has 3 amide bonds. The van der Waals surface area contributed by atoms with Crippen LogP contribution in [-0.4, -0.2) is 48.1 Å². The Morgan fingerprint density at radius 1 is 0.865 bits per heavy atom. The summed E-state index contributed by atoms with van der Waals surface area (Å²) in [4.78, 5) is 55.1. The number of methoxy groups -OCH3 is 1. The van der Waals surface area contributed by atoms with Crippen LogP contribution in [0.2, 0.25) is 0 Å². The standard InChI is InChI=1S/C28H22N4O5/c1-37-28(36)19-13-7-8-14-20(19)31-26(34)21-22(27(31)35)24(25(33)30-17-10-3-2-4-11-17)32-23(21)18-12-6-5-9-16(18)15-29-32/h2-15,21-24H,1H3,(H,30,33)/t21-,22+,23-,24-/m1/s1. The molecule has 0 unspecified atom stereocenters. The first-order valence-electron chi connectivity index (χ1n) is 11.8. The van der Waals surface area contributed by atoms with E-state index in [-0.39, 0.29) is 11.3 Å². The number of carbonyl (C=O) groups is 4. The second-order valence-electron chi connectivity index (χ2n) is 9.07. The van der Waals surface area contributed by atoms with Crippen LogP contribution in [0.15, 0.2) is 84.0 Å². The number of benzene rings is 3. The van der Waals surface area contributed by atoms with Gasteiger partial charge in [-0.3, -0.25) is 19.4 Å². The highest BCUT2D eigenvalue weighted by Crippen LogP contribution is 2.53. The Morgan fingerprint density at radius 2 is 1.54 bits per heavy atom. The van der Waals surface area contributed by atoms with Crippen molar-refractivity contribution in [2.75, 3.05) is 17.3 Å². The second kappa shape index (κ2) is 8.70. The highest BCUT2D eigenvalue weighted by molar-refractivity contribution is 6.26. The zero-order valence-corrected chi connectivity index (χ0v) is 19.8. The Bertz CT molecular complexity index is 1470. The van der Waals surface area contributed by atoms with Crippen LogP contribution in [0, 0.1) is 11.8 Å². The second-order valence-corrected chi connectivity index (χ2v) is 9.07. The van der Waals surface area contributed by atoms with Crippen molar-refractivity contribution in [3.8, 4) is 0 Å². The summed E-state index contributed by atoms with van der Waals surface area (Å²) in [5, 5.41) is 8.99. The molecule has 2 fully saturated rings. The molecule has 9 nitrogen and oxygen atoms in total. The molecule has 3 aliphatic heterocycles. The number of anilines is 2. The van der Waals surface area contributed by atoms with E-state index in [2.05, 4.69) is 10.4 Å². The Hall–Kier alpha value is -4.79. The van der Waals surface area contributed by atoms with Crippen molar-refractivity contribution in [3.05, 3.63) is 95.6 Å². The quantitative estimate of drug-likeness (QED) is 0.441. The minimum atomic E-state index is -1.04. The Morgan fingerprint density at radius 3 is 2.32 bits per heavy atom. The van der Waals surface area contributed by atoms with Crippen molar-refractivity contribution in [2.45, 2.75) is 12.1 Å². The summed E-state index contributed by atoms with van der Waals surface area (Å²) in [6.45, 7) is 0. The minimum absolute atomic E-state index is 0.0934. The predicted molar refractivity (Wildman–Crippen MR) is 135 cm³/mol. The molecule has 37 heavy (non-hydrogen) atoms. The Balaban J connectivity index is 1.46. The molecule has 1 N–H and O–H groups in total. The fourth-order valence-electron chi connectivity index (χ4n) is 5.59. The van der Waals surface area contributed by atoms with E-state index in [9.17, 15) is 19.2 Å². The van der Waals surface area contributed by atoms with Crippen LogP contribution >= 0.6 is 0 Å². The summed E-state index contributed by atoms with van der Waals surface area (Å²) in [6.07, 6.45) is 1.65. The van der Waals surface area contributed by atoms with Crippen LogP contribution < -0.4 is 10.2 Å². The van der Waals surface area contributed by atoms with Gasteiger partial charge in [0, 0.05) is 5.69 Å². The molecule has 0 radical (unpaired) electrons. The van der Waals surface area contributed by atoms with Gasteiger partial charge < -0.3 is 10.1 Å². The van der Waals surface area contributed by atoms with Gasteiger partial charge in [-0.15, -0.1) is 0 Å². The summed E-state index contributed by atoms with van der Waals surface area (Å²) >= 11 is 0. The summed E-state index contributed by atoms with van der Waals surface area (Å²) < 4.78 is 4.88. The van der Waals surface area contributed by atoms with Gasteiger partial charge in [-0.05, 0) is 35.4 Å². The smallest absolute Gasteiger partial charge is 0.339 e. The van der Waals surface area contributed by atoms with E-state index in [1.807, 2.05) is 30.3 Å². The first-order chi connectivity index (χ1) is 18.0. The average Bonchev–Trinajstić information content (AvgIpc) is 3.41. The van der Waals surface area contributed by atoms with E-state index >= 15 is 0 Å². The number of nitrogens with one attached hydrogen (secondary N) is 1. The monoisotopic (exact) mass is 494 g/mol. The lowest BCUT2D eigenvalue weighted by Crippen LogP contribution is -2.46. The predicted octanol–water partition coefficient (Wildman–Crippen LogP) is 2.99. The van der Waals surface area contributed by atoms with Gasteiger partial charge in [0.2, 0.25) is 17.7 Å². The Kier molecular flexibility index (Phi) is 5.33. The number of esters is 1. The molecule has 2 saturated heterocycles. The maximum Gasteiger partial charge on any atom is 0.339 e. The summed E-state index contributed by atoms with van der Waals surface area (Å²) in [5.41, 5.74) is 2.43. The van der Waals surface area contributed by atoms with Gasteiger partial charge in [-0.2, -0.15) is 5.10 Å². The van der Waals surface area contributed by atoms with Crippen LogP contribution in [0.5, 0.6) is 0 Å². The average molecular weight is 495 g/mol.